The van der Waals surface area contributed by atoms with Gasteiger partial charge in [-0.2, -0.15) is 10.5 Å². The number of rotatable bonds is 5. The van der Waals surface area contributed by atoms with Crippen molar-refractivity contribution >= 4 is 29.3 Å². The van der Waals surface area contributed by atoms with Crippen molar-refractivity contribution in [1.82, 2.24) is 4.98 Å². The van der Waals surface area contributed by atoms with E-state index in [9.17, 15) is 15.3 Å². The molecular formula is C22H17ClN4O3S. The third-order valence-corrected chi connectivity index (χ3v) is 5.91. The number of allylic oxidation sites excluding steroid dienone is 1. The zero-order chi connectivity index (χ0) is 22.5. The van der Waals surface area contributed by atoms with Crippen LogP contribution in [0.5, 0.6) is 0 Å². The second-order valence-corrected chi connectivity index (χ2v) is 7.85. The Balaban J connectivity index is 2.11. The summed E-state index contributed by atoms with van der Waals surface area (Å²) < 4.78 is 10.7. The fourth-order valence-corrected chi connectivity index (χ4v) is 4.35. The van der Waals surface area contributed by atoms with Gasteiger partial charge in [0, 0.05) is 10.7 Å². The summed E-state index contributed by atoms with van der Waals surface area (Å²) in [7, 11) is 1.24. The predicted molar refractivity (Wildman–Crippen MR) is 116 cm³/mol. The summed E-state index contributed by atoms with van der Waals surface area (Å²) in [6.07, 6.45) is 0. The first kappa shape index (κ1) is 22.2. The van der Waals surface area contributed by atoms with Crippen molar-refractivity contribution in [2.75, 3.05) is 12.9 Å². The van der Waals surface area contributed by atoms with Crippen LogP contribution in [0.3, 0.4) is 0 Å². The van der Waals surface area contributed by atoms with Gasteiger partial charge in [0.15, 0.2) is 0 Å². The highest BCUT2D eigenvalue weighted by Gasteiger charge is 2.38. The number of thioether (sulfide) groups is 1. The number of hydrogen-bond acceptors (Lipinski definition) is 8. The van der Waals surface area contributed by atoms with E-state index in [1.807, 2.05) is 13.0 Å². The number of ether oxygens (including phenoxy) is 2. The van der Waals surface area contributed by atoms with Gasteiger partial charge in [0.05, 0.1) is 29.9 Å². The number of nitrogens with two attached hydrogens (primary N) is 1. The number of aryl methyl sites for hydroxylation is 1. The van der Waals surface area contributed by atoms with Gasteiger partial charge in [0.25, 0.3) is 0 Å². The van der Waals surface area contributed by atoms with Crippen LogP contribution in [0.15, 0.2) is 64.2 Å². The first-order chi connectivity index (χ1) is 14.9. The first-order valence-electron chi connectivity index (χ1n) is 9.05. The van der Waals surface area contributed by atoms with Crippen LogP contribution in [0.25, 0.3) is 0 Å². The quantitative estimate of drug-likeness (QED) is 0.534. The zero-order valence-corrected chi connectivity index (χ0v) is 18.3. The van der Waals surface area contributed by atoms with Crippen LogP contribution in [0, 0.1) is 29.6 Å². The molecule has 1 aromatic heterocycles. The summed E-state index contributed by atoms with van der Waals surface area (Å²) in [6.45, 7) is 1.81. The maximum Gasteiger partial charge on any atom is 0.338 e. The average Bonchev–Trinajstić information content (AvgIpc) is 2.77. The van der Waals surface area contributed by atoms with Crippen molar-refractivity contribution in [3.8, 4) is 12.1 Å². The Morgan fingerprint density at radius 1 is 1.29 bits per heavy atom. The van der Waals surface area contributed by atoms with Gasteiger partial charge in [-0.25, -0.2) is 9.78 Å². The molecule has 0 saturated heterocycles. The Morgan fingerprint density at radius 3 is 2.68 bits per heavy atom. The van der Waals surface area contributed by atoms with Gasteiger partial charge in [-0.1, -0.05) is 41.6 Å². The predicted octanol–water partition coefficient (Wildman–Crippen LogP) is 3.94. The highest BCUT2D eigenvalue weighted by Crippen LogP contribution is 2.43. The maximum atomic E-state index is 12.8. The SMILES string of the molecule is COC(=O)C1=C(CSc2nc(C)ccc2C#N)OC(N)=C(C#N)[C@@H]1c1ccccc1Cl. The number of methoxy groups -OCH3 is 1. The van der Waals surface area contributed by atoms with Crippen molar-refractivity contribution < 1.29 is 14.3 Å². The summed E-state index contributed by atoms with van der Waals surface area (Å²) in [4.78, 5) is 17.2. The molecular weight excluding hydrogens is 436 g/mol. The van der Waals surface area contributed by atoms with Crippen molar-refractivity contribution in [3.05, 3.63) is 81.0 Å². The lowest BCUT2D eigenvalue weighted by Gasteiger charge is -2.28. The Morgan fingerprint density at radius 2 is 2.03 bits per heavy atom. The number of esters is 1. The molecule has 0 amide bonds. The average molecular weight is 453 g/mol. The minimum atomic E-state index is -0.851. The summed E-state index contributed by atoms with van der Waals surface area (Å²) in [5.74, 6) is -1.29. The van der Waals surface area contributed by atoms with Crippen molar-refractivity contribution in [2.45, 2.75) is 17.9 Å². The van der Waals surface area contributed by atoms with Crippen LogP contribution >= 0.6 is 23.4 Å². The normalized spacial score (nSPS) is 15.7. The molecule has 0 unspecified atom stereocenters. The number of nitrogens with zero attached hydrogens (tertiary/aromatic N) is 3. The fourth-order valence-electron chi connectivity index (χ4n) is 3.14. The van der Waals surface area contributed by atoms with Crippen LogP contribution in [0.1, 0.15) is 22.7 Å². The molecule has 9 heteroatoms. The van der Waals surface area contributed by atoms with Gasteiger partial charge in [-0.3, -0.25) is 0 Å². The lowest BCUT2D eigenvalue weighted by Crippen LogP contribution is -2.26. The molecule has 1 aliphatic heterocycles. The lowest BCUT2D eigenvalue weighted by atomic mass is 9.83. The van der Waals surface area contributed by atoms with E-state index >= 15 is 0 Å². The monoisotopic (exact) mass is 452 g/mol. The maximum absolute atomic E-state index is 12.8. The second kappa shape index (κ2) is 9.57. The van der Waals surface area contributed by atoms with E-state index < -0.39 is 11.9 Å². The van der Waals surface area contributed by atoms with Crippen LogP contribution < -0.4 is 5.73 Å². The van der Waals surface area contributed by atoms with Crippen molar-refractivity contribution in [1.29, 1.82) is 10.5 Å². The van der Waals surface area contributed by atoms with Crippen LogP contribution in [-0.2, 0) is 14.3 Å². The minimum Gasteiger partial charge on any atom is -0.466 e. The molecule has 7 nitrogen and oxygen atoms in total. The van der Waals surface area contributed by atoms with Gasteiger partial charge < -0.3 is 15.2 Å². The molecule has 0 radical (unpaired) electrons. The molecule has 0 aliphatic carbocycles. The number of nitriles is 2. The van der Waals surface area contributed by atoms with Gasteiger partial charge in [-0.15, -0.1) is 0 Å². The van der Waals surface area contributed by atoms with Crippen molar-refractivity contribution in [3.63, 3.8) is 0 Å². The number of carbonyl (C=O) groups excluding carboxylic acids is 1. The van der Waals surface area contributed by atoms with Crippen LogP contribution in [-0.4, -0.2) is 23.8 Å². The van der Waals surface area contributed by atoms with E-state index in [4.69, 9.17) is 26.8 Å². The number of carbonyl (C=O) groups is 1. The van der Waals surface area contributed by atoms with E-state index in [0.717, 1.165) is 5.69 Å². The highest BCUT2D eigenvalue weighted by atomic mass is 35.5. The van der Waals surface area contributed by atoms with E-state index in [1.54, 1.807) is 36.4 Å². The number of benzene rings is 1. The van der Waals surface area contributed by atoms with Gasteiger partial charge in [-0.05, 0) is 30.7 Å². The largest absolute Gasteiger partial charge is 0.466 e. The third-order valence-electron chi connectivity index (χ3n) is 4.58. The topological polar surface area (TPSA) is 122 Å². The highest BCUT2D eigenvalue weighted by molar-refractivity contribution is 7.99. The molecule has 2 N–H and O–H groups in total. The summed E-state index contributed by atoms with van der Waals surface area (Å²) in [5, 5.41) is 19.9. The molecule has 1 aromatic carbocycles. The minimum absolute atomic E-state index is 0.0636. The van der Waals surface area contributed by atoms with Gasteiger partial charge in [0.2, 0.25) is 5.88 Å². The molecule has 1 atom stereocenters. The molecule has 0 fully saturated rings. The lowest BCUT2D eigenvalue weighted by molar-refractivity contribution is -0.136. The number of hydrogen-bond donors (Lipinski definition) is 1. The third kappa shape index (κ3) is 4.51. The van der Waals surface area contributed by atoms with E-state index in [2.05, 4.69) is 11.1 Å². The fraction of sp³-hybridized carbons (Fsp3) is 0.182. The molecule has 0 spiro atoms. The van der Waals surface area contributed by atoms with E-state index in [1.165, 1.54) is 18.9 Å². The Bertz CT molecular complexity index is 1190. The van der Waals surface area contributed by atoms with Crippen LogP contribution in [0.2, 0.25) is 5.02 Å². The van der Waals surface area contributed by atoms with Gasteiger partial charge in [0.1, 0.15) is 28.5 Å². The molecule has 2 aromatic rings. The second-order valence-electron chi connectivity index (χ2n) is 6.48. The summed E-state index contributed by atoms with van der Waals surface area (Å²) >= 11 is 7.60. The standard InChI is InChI=1S/C22H17ClN4O3S/c1-12-7-8-13(9-24)21(27-12)31-11-17-19(22(28)29-2)18(15(10-25)20(26)30-17)14-5-3-4-6-16(14)23/h3-8,18H,11,26H2,1-2H3/t18-/m0/s1. The Labute approximate surface area is 188 Å². The van der Waals surface area contributed by atoms with Gasteiger partial charge >= 0.3 is 5.97 Å². The molecule has 0 bridgehead atoms. The Kier molecular flexibility index (Phi) is 6.86. The molecule has 156 valence electrons. The zero-order valence-electron chi connectivity index (χ0n) is 16.7. The van der Waals surface area contributed by atoms with Crippen molar-refractivity contribution in [2.24, 2.45) is 5.73 Å². The van der Waals surface area contributed by atoms with Crippen LogP contribution in [0.4, 0.5) is 0 Å². The smallest absolute Gasteiger partial charge is 0.338 e. The first-order valence-corrected chi connectivity index (χ1v) is 10.4. The Hall–Kier alpha value is -3.46. The summed E-state index contributed by atoms with van der Waals surface area (Å²) in [5.41, 5.74) is 7.90. The molecule has 0 saturated carbocycles. The molecule has 3 rings (SSSR count). The molecule has 2 heterocycles. The number of halogens is 1. The molecule has 31 heavy (non-hydrogen) atoms. The van der Waals surface area contributed by atoms with E-state index in [0.29, 0.717) is 21.2 Å². The summed E-state index contributed by atoms with van der Waals surface area (Å²) in [6, 6.07) is 14.4. The number of aromatic nitrogens is 1. The van der Waals surface area contributed by atoms with E-state index in [-0.39, 0.29) is 28.5 Å². The number of pyridine rings is 1. The molecule has 1 aliphatic rings.